The number of aliphatic carboxylic acids is 1. The third-order valence-corrected chi connectivity index (χ3v) is 4.32. The van der Waals surface area contributed by atoms with Crippen molar-refractivity contribution in [2.45, 2.75) is 71.1 Å². The third kappa shape index (κ3) is 6.92. The van der Waals surface area contributed by atoms with E-state index in [1.54, 1.807) is 0 Å². The Balaban J connectivity index is 2.18. The minimum atomic E-state index is -0.764. The number of carboxylic acid groups (broad SMARTS) is 1. The number of hydrogen-bond acceptors (Lipinski definition) is 2. The van der Waals surface area contributed by atoms with E-state index < -0.39 is 5.97 Å². The number of carbonyl (C=O) groups excluding carboxylic acids is 1. The molecule has 0 aromatic carbocycles. The number of carboxylic acids is 1. The Morgan fingerprint density at radius 1 is 1.20 bits per heavy atom. The average molecular weight is 283 g/mol. The molecule has 1 amide bonds. The summed E-state index contributed by atoms with van der Waals surface area (Å²) in [6, 6.07) is 0. The molecule has 0 saturated heterocycles. The molecule has 0 bridgehead atoms. The van der Waals surface area contributed by atoms with Crippen LogP contribution in [0.2, 0.25) is 0 Å². The molecule has 1 unspecified atom stereocenters. The third-order valence-electron chi connectivity index (χ3n) is 4.32. The SMILES string of the molecule is CCC(CC1CCCCC1)C(=O)NCCCCC(=O)O. The fourth-order valence-electron chi connectivity index (χ4n) is 3.04. The summed E-state index contributed by atoms with van der Waals surface area (Å²) < 4.78 is 0. The van der Waals surface area contributed by atoms with Gasteiger partial charge in [0.15, 0.2) is 0 Å². The lowest BCUT2D eigenvalue weighted by atomic mass is 9.82. The first kappa shape index (κ1) is 17.0. The summed E-state index contributed by atoms with van der Waals surface area (Å²) in [6.45, 7) is 2.69. The van der Waals surface area contributed by atoms with E-state index in [2.05, 4.69) is 12.2 Å². The Morgan fingerprint density at radius 2 is 1.90 bits per heavy atom. The first-order valence-corrected chi connectivity index (χ1v) is 8.13. The van der Waals surface area contributed by atoms with Crippen LogP contribution < -0.4 is 5.32 Å². The molecule has 1 aliphatic rings. The molecule has 0 aliphatic heterocycles. The Hall–Kier alpha value is -1.06. The standard InChI is InChI=1S/C16H29NO3/c1-2-14(12-13-8-4-3-5-9-13)16(20)17-11-7-6-10-15(18)19/h13-14H,2-12H2,1H3,(H,17,20)(H,18,19). The van der Waals surface area contributed by atoms with Gasteiger partial charge < -0.3 is 10.4 Å². The van der Waals surface area contributed by atoms with Gasteiger partial charge in [-0.3, -0.25) is 9.59 Å². The molecule has 0 aromatic heterocycles. The summed E-state index contributed by atoms with van der Waals surface area (Å²) in [6.07, 6.45) is 10.0. The summed E-state index contributed by atoms with van der Waals surface area (Å²) in [5.74, 6) is 0.262. The smallest absolute Gasteiger partial charge is 0.303 e. The second-order valence-corrected chi connectivity index (χ2v) is 5.99. The summed E-state index contributed by atoms with van der Waals surface area (Å²) in [7, 11) is 0. The molecular weight excluding hydrogens is 254 g/mol. The number of hydrogen-bond donors (Lipinski definition) is 2. The molecule has 1 saturated carbocycles. The van der Waals surface area contributed by atoms with Crippen molar-refractivity contribution in [3.05, 3.63) is 0 Å². The molecule has 2 N–H and O–H groups in total. The van der Waals surface area contributed by atoms with Crippen LogP contribution in [-0.4, -0.2) is 23.5 Å². The van der Waals surface area contributed by atoms with Crippen LogP contribution in [0.3, 0.4) is 0 Å². The summed E-state index contributed by atoms with van der Waals surface area (Å²) in [5.41, 5.74) is 0. The average Bonchev–Trinajstić information content (AvgIpc) is 2.45. The van der Waals surface area contributed by atoms with Gasteiger partial charge in [0.1, 0.15) is 0 Å². The molecule has 4 heteroatoms. The van der Waals surface area contributed by atoms with Gasteiger partial charge in [0.05, 0.1) is 0 Å². The predicted octanol–water partition coefficient (Wildman–Crippen LogP) is 3.35. The van der Waals surface area contributed by atoms with Crippen LogP contribution in [0.15, 0.2) is 0 Å². The first-order chi connectivity index (χ1) is 9.63. The number of unbranched alkanes of at least 4 members (excludes halogenated alkanes) is 1. The fourth-order valence-corrected chi connectivity index (χ4v) is 3.04. The summed E-state index contributed by atoms with van der Waals surface area (Å²) in [5, 5.41) is 11.5. The minimum Gasteiger partial charge on any atom is -0.481 e. The molecule has 20 heavy (non-hydrogen) atoms. The van der Waals surface area contributed by atoms with Crippen molar-refractivity contribution in [2.75, 3.05) is 6.54 Å². The Labute approximate surface area is 122 Å². The van der Waals surface area contributed by atoms with Gasteiger partial charge in [0.25, 0.3) is 0 Å². The lowest BCUT2D eigenvalue weighted by Crippen LogP contribution is -2.32. The van der Waals surface area contributed by atoms with Crippen molar-refractivity contribution in [1.82, 2.24) is 5.32 Å². The van der Waals surface area contributed by atoms with Gasteiger partial charge in [0, 0.05) is 18.9 Å². The van der Waals surface area contributed by atoms with Gasteiger partial charge in [-0.25, -0.2) is 0 Å². The zero-order chi connectivity index (χ0) is 14.8. The highest BCUT2D eigenvalue weighted by Gasteiger charge is 2.22. The lowest BCUT2D eigenvalue weighted by Gasteiger charge is -2.25. The number of nitrogens with one attached hydrogen (secondary N) is 1. The van der Waals surface area contributed by atoms with E-state index in [-0.39, 0.29) is 18.2 Å². The van der Waals surface area contributed by atoms with Gasteiger partial charge in [-0.1, -0.05) is 39.0 Å². The van der Waals surface area contributed by atoms with Gasteiger partial charge in [-0.05, 0) is 31.6 Å². The maximum atomic E-state index is 12.1. The molecule has 1 aliphatic carbocycles. The van der Waals surface area contributed by atoms with Crippen LogP contribution in [0.25, 0.3) is 0 Å². The quantitative estimate of drug-likeness (QED) is 0.638. The van der Waals surface area contributed by atoms with Gasteiger partial charge in [-0.15, -0.1) is 0 Å². The fraction of sp³-hybridized carbons (Fsp3) is 0.875. The Kier molecular flexibility index (Phi) is 8.31. The Bertz CT molecular complexity index is 298. The highest BCUT2D eigenvalue weighted by molar-refractivity contribution is 5.78. The molecule has 0 aromatic rings. The normalized spacial score (nSPS) is 17.6. The molecule has 1 fully saturated rings. The van der Waals surface area contributed by atoms with Crippen LogP contribution >= 0.6 is 0 Å². The molecule has 116 valence electrons. The van der Waals surface area contributed by atoms with Crippen molar-refractivity contribution in [2.24, 2.45) is 11.8 Å². The van der Waals surface area contributed by atoms with Crippen molar-refractivity contribution in [1.29, 1.82) is 0 Å². The second kappa shape index (κ2) is 9.78. The number of rotatable bonds is 9. The second-order valence-electron chi connectivity index (χ2n) is 5.99. The van der Waals surface area contributed by atoms with Crippen LogP contribution in [0.4, 0.5) is 0 Å². The van der Waals surface area contributed by atoms with E-state index >= 15 is 0 Å². The molecule has 1 atom stereocenters. The van der Waals surface area contributed by atoms with Crippen molar-refractivity contribution in [3.8, 4) is 0 Å². The van der Waals surface area contributed by atoms with Crippen LogP contribution in [-0.2, 0) is 9.59 Å². The maximum Gasteiger partial charge on any atom is 0.303 e. The topological polar surface area (TPSA) is 66.4 Å². The molecule has 0 heterocycles. The van der Waals surface area contributed by atoms with Gasteiger partial charge in [-0.2, -0.15) is 0 Å². The van der Waals surface area contributed by atoms with Crippen molar-refractivity contribution in [3.63, 3.8) is 0 Å². The molecule has 0 spiro atoms. The zero-order valence-corrected chi connectivity index (χ0v) is 12.7. The van der Waals surface area contributed by atoms with E-state index in [1.807, 2.05) is 0 Å². The van der Waals surface area contributed by atoms with Crippen molar-refractivity contribution < 1.29 is 14.7 Å². The van der Waals surface area contributed by atoms with E-state index in [0.29, 0.717) is 13.0 Å². The van der Waals surface area contributed by atoms with E-state index in [4.69, 9.17) is 5.11 Å². The largest absolute Gasteiger partial charge is 0.481 e. The first-order valence-electron chi connectivity index (χ1n) is 8.13. The van der Waals surface area contributed by atoms with Gasteiger partial charge >= 0.3 is 5.97 Å². The molecule has 1 rings (SSSR count). The molecule has 0 radical (unpaired) electrons. The lowest BCUT2D eigenvalue weighted by molar-refractivity contribution is -0.137. The zero-order valence-electron chi connectivity index (χ0n) is 12.7. The van der Waals surface area contributed by atoms with Crippen LogP contribution in [0.5, 0.6) is 0 Å². The maximum absolute atomic E-state index is 12.1. The summed E-state index contributed by atoms with van der Waals surface area (Å²) in [4.78, 5) is 22.5. The van der Waals surface area contributed by atoms with E-state index in [1.165, 1.54) is 32.1 Å². The molecule has 4 nitrogen and oxygen atoms in total. The monoisotopic (exact) mass is 283 g/mol. The minimum absolute atomic E-state index is 0.137. The van der Waals surface area contributed by atoms with E-state index in [0.717, 1.165) is 25.2 Å². The number of carbonyl (C=O) groups is 2. The highest BCUT2D eigenvalue weighted by atomic mass is 16.4. The Morgan fingerprint density at radius 3 is 2.50 bits per heavy atom. The highest BCUT2D eigenvalue weighted by Crippen LogP contribution is 2.30. The summed E-state index contributed by atoms with van der Waals surface area (Å²) >= 11 is 0. The number of amides is 1. The van der Waals surface area contributed by atoms with Crippen LogP contribution in [0.1, 0.15) is 71.1 Å². The predicted molar refractivity (Wildman–Crippen MR) is 79.5 cm³/mol. The van der Waals surface area contributed by atoms with Gasteiger partial charge in [0.2, 0.25) is 5.91 Å². The molecular formula is C16H29NO3. The van der Waals surface area contributed by atoms with Crippen LogP contribution in [0, 0.1) is 11.8 Å². The van der Waals surface area contributed by atoms with Crippen molar-refractivity contribution >= 4 is 11.9 Å². The van der Waals surface area contributed by atoms with E-state index in [9.17, 15) is 9.59 Å².